The van der Waals surface area contributed by atoms with E-state index in [-0.39, 0.29) is 12.1 Å². The largest absolute Gasteiger partial charge is 0.502 e. The molecule has 2 aromatic carbocycles. The zero-order valence-electron chi connectivity index (χ0n) is 19.6. The van der Waals surface area contributed by atoms with E-state index in [4.69, 9.17) is 14.2 Å². The van der Waals surface area contributed by atoms with Gasteiger partial charge in [-0.2, -0.15) is 0 Å². The van der Waals surface area contributed by atoms with Gasteiger partial charge in [0.25, 0.3) is 11.8 Å². The number of aliphatic hydroxyl groups is 1. The molecule has 1 aliphatic heterocycles. The lowest BCUT2D eigenvalue weighted by Crippen LogP contribution is -2.33. The second-order valence-corrected chi connectivity index (χ2v) is 8.11. The van der Waals surface area contributed by atoms with Crippen molar-refractivity contribution < 1.29 is 28.9 Å². The molecule has 0 aromatic heterocycles. The Morgan fingerprint density at radius 1 is 0.879 bits per heavy atom. The van der Waals surface area contributed by atoms with Gasteiger partial charge in [-0.3, -0.25) is 14.5 Å². The minimum atomic E-state index is -0.689. The van der Waals surface area contributed by atoms with Crippen LogP contribution in [0, 0.1) is 5.92 Å². The first-order valence-electron chi connectivity index (χ1n) is 11.3. The standard InChI is InChI=1S/C26H31NO6/c1-5-31-21-12-7-18(15-22(21)32-6-2)13-14-27-25(29)23(24(28)26(27)30)19-8-10-20(11-9-19)33-16-17(3)4/h7-12,15,17,28H,5-6,13-14,16H2,1-4H3. The summed E-state index contributed by atoms with van der Waals surface area (Å²) in [6, 6.07) is 12.4. The average molecular weight is 454 g/mol. The van der Waals surface area contributed by atoms with Gasteiger partial charge in [0, 0.05) is 6.54 Å². The van der Waals surface area contributed by atoms with Crippen molar-refractivity contribution in [3.8, 4) is 17.2 Å². The van der Waals surface area contributed by atoms with E-state index in [0.29, 0.717) is 55.0 Å². The second kappa shape index (κ2) is 10.9. The highest BCUT2D eigenvalue weighted by Gasteiger charge is 2.38. The summed E-state index contributed by atoms with van der Waals surface area (Å²) in [6.45, 7) is 9.64. The summed E-state index contributed by atoms with van der Waals surface area (Å²) in [5.74, 6) is 0.602. The quantitative estimate of drug-likeness (QED) is 0.508. The van der Waals surface area contributed by atoms with Crippen LogP contribution in [0.5, 0.6) is 17.2 Å². The van der Waals surface area contributed by atoms with Gasteiger partial charge >= 0.3 is 0 Å². The lowest BCUT2D eigenvalue weighted by atomic mass is 10.1. The molecule has 2 amide bonds. The minimum Gasteiger partial charge on any atom is -0.502 e. The molecule has 176 valence electrons. The molecular formula is C26H31NO6. The van der Waals surface area contributed by atoms with E-state index in [2.05, 4.69) is 13.8 Å². The van der Waals surface area contributed by atoms with Crippen molar-refractivity contribution in [3.05, 3.63) is 59.4 Å². The van der Waals surface area contributed by atoms with Crippen LogP contribution in [0.1, 0.15) is 38.8 Å². The molecule has 7 heteroatoms. The van der Waals surface area contributed by atoms with Crippen LogP contribution < -0.4 is 14.2 Å². The number of aliphatic hydroxyl groups excluding tert-OH is 1. The van der Waals surface area contributed by atoms with E-state index in [9.17, 15) is 14.7 Å². The van der Waals surface area contributed by atoms with Crippen LogP contribution in [0.4, 0.5) is 0 Å². The Hall–Kier alpha value is -3.48. The van der Waals surface area contributed by atoms with Crippen LogP contribution in [0.2, 0.25) is 0 Å². The highest BCUT2D eigenvalue weighted by atomic mass is 16.5. The predicted octanol–water partition coefficient (Wildman–Crippen LogP) is 4.40. The highest BCUT2D eigenvalue weighted by Crippen LogP contribution is 2.31. The van der Waals surface area contributed by atoms with E-state index in [1.165, 1.54) is 0 Å². The van der Waals surface area contributed by atoms with Gasteiger partial charge in [0.05, 0.1) is 25.4 Å². The zero-order chi connectivity index (χ0) is 24.0. The number of imide groups is 1. The molecule has 0 fully saturated rings. The maximum absolute atomic E-state index is 13.0. The normalized spacial score (nSPS) is 13.8. The summed E-state index contributed by atoms with van der Waals surface area (Å²) >= 11 is 0. The Morgan fingerprint density at radius 2 is 1.55 bits per heavy atom. The van der Waals surface area contributed by atoms with Crippen molar-refractivity contribution in [2.45, 2.75) is 34.1 Å². The summed E-state index contributed by atoms with van der Waals surface area (Å²) in [5.41, 5.74) is 1.38. The summed E-state index contributed by atoms with van der Waals surface area (Å²) in [6.07, 6.45) is 0.423. The molecule has 33 heavy (non-hydrogen) atoms. The van der Waals surface area contributed by atoms with E-state index in [1.807, 2.05) is 32.0 Å². The number of carbonyl (C=O) groups excluding carboxylic acids is 2. The molecule has 0 spiro atoms. The molecular weight excluding hydrogens is 422 g/mol. The molecule has 1 heterocycles. The number of rotatable bonds is 11. The fourth-order valence-corrected chi connectivity index (χ4v) is 3.50. The number of benzene rings is 2. The molecule has 0 saturated heterocycles. The van der Waals surface area contributed by atoms with Crippen LogP contribution in [0.25, 0.3) is 5.57 Å². The maximum Gasteiger partial charge on any atom is 0.296 e. The number of nitrogens with zero attached hydrogens (tertiary/aromatic N) is 1. The molecule has 0 atom stereocenters. The van der Waals surface area contributed by atoms with Crippen LogP contribution in [0.3, 0.4) is 0 Å². The number of carbonyl (C=O) groups is 2. The number of ether oxygens (including phenoxy) is 3. The van der Waals surface area contributed by atoms with Gasteiger partial charge in [-0.1, -0.05) is 32.0 Å². The molecule has 7 nitrogen and oxygen atoms in total. The van der Waals surface area contributed by atoms with E-state index >= 15 is 0 Å². The highest BCUT2D eigenvalue weighted by molar-refractivity contribution is 6.34. The van der Waals surface area contributed by atoms with Gasteiger partial charge in [0.1, 0.15) is 5.75 Å². The molecule has 0 aliphatic carbocycles. The molecule has 0 radical (unpaired) electrons. The SMILES string of the molecule is CCOc1ccc(CCN2C(=O)C(O)=C(c3ccc(OCC(C)C)cc3)C2=O)cc1OCC. The third-order valence-electron chi connectivity index (χ3n) is 5.10. The van der Waals surface area contributed by atoms with Gasteiger partial charge in [-0.05, 0) is 61.6 Å². The Balaban J connectivity index is 1.70. The van der Waals surface area contributed by atoms with Crippen molar-refractivity contribution in [3.63, 3.8) is 0 Å². The third kappa shape index (κ3) is 5.66. The molecule has 3 rings (SSSR count). The van der Waals surface area contributed by atoms with Gasteiger partial charge in [-0.25, -0.2) is 0 Å². The zero-order valence-corrected chi connectivity index (χ0v) is 19.6. The van der Waals surface area contributed by atoms with Gasteiger partial charge < -0.3 is 19.3 Å². The molecule has 2 aromatic rings. The summed E-state index contributed by atoms with van der Waals surface area (Å²) in [5, 5.41) is 10.4. The van der Waals surface area contributed by atoms with Crippen molar-refractivity contribution in [2.75, 3.05) is 26.4 Å². The predicted molar refractivity (Wildman–Crippen MR) is 126 cm³/mol. The molecule has 0 saturated carbocycles. The van der Waals surface area contributed by atoms with Crippen LogP contribution >= 0.6 is 0 Å². The lowest BCUT2D eigenvalue weighted by Gasteiger charge is -2.16. The second-order valence-electron chi connectivity index (χ2n) is 8.11. The average Bonchev–Trinajstić information content (AvgIpc) is 3.01. The fourth-order valence-electron chi connectivity index (χ4n) is 3.50. The van der Waals surface area contributed by atoms with Crippen LogP contribution in [-0.4, -0.2) is 48.2 Å². The van der Waals surface area contributed by atoms with E-state index in [0.717, 1.165) is 10.5 Å². The monoisotopic (exact) mass is 453 g/mol. The van der Waals surface area contributed by atoms with Crippen molar-refractivity contribution in [1.82, 2.24) is 4.90 Å². The fraction of sp³-hybridized carbons (Fsp3) is 0.385. The number of hydrogen-bond acceptors (Lipinski definition) is 6. The summed E-state index contributed by atoms with van der Waals surface area (Å²) < 4.78 is 16.9. The molecule has 1 aliphatic rings. The van der Waals surface area contributed by atoms with Gasteiger partial charge in [0.2, 0.25) is 0 Å². The molecule has 1 N–H and O–H groups in total. The number of hydrogen-bond donors (Lipinski definition) is 1. The summed E-state index contributed by atoms with van der Waals surface area (Å²) in [7, 11) is 0. The maximum atomic E-state index is 13.0. The van der Waals surface area contributed by atoms with E-state index < -0.39 is 17.6 Å². The lowest BCUT2D eigenvalue weighted by molar-refractivity contribution is -0.138. The first-order valence-corrected chi connectivity index (χ1v) is 11.3. The molecule has 0 bridgehead atoms. The molecule has 0 unspecified atom stereocenters. The Kier molecular flexibility index (Phi) is 7.98. The van der Waals surface area contributed by atoms with Crippen LogP contribution in [0.15, 0.2) is 48.2 Å². The summed E-state index contributed by atoms with van der Waals surface area (Å²) in [4.78, 5) is 26.6. The smallest absolute Gasteiger partial charge is 0.296 e. The Bertz CT molecular complexity index is 1030. The Labute approximate surface area is 194 Å². The number of amides is 2. The minimum absolute atomic E-state index is 0.0112. The van der Waals surface area contributed by atoms with Crippen molar-refractivity contribution in [1.29, 1.82) is 0 Å². The third-order valence-corrected chi connectivity index (χ3v) is 5.10. The van der Waals surface area contributed by atoms with Gasteiger partial charge in [-0.15, -0.1) is 0 Å². The topological polar surface area (TPSA) is 85.3 Å². The first kappa shape index (κ1) is 24.2. The first-order chi connectivity index (χ1) is 15.8. The van der Waals surface area contributed by atoms with E-state index in [1.54, 1.807) is 24.3 Å². The van der Waals surface area contributed by atoms with Crippen LogP contribution in [-0.2, 0) is 16.0 Å². The van der Waals surface area contributed by atoms with Crippen molar-refractivity contribution >= 4 is 17.4 Å². The van der Waals surface area contributed by atoms with Crippen molar-refractivity contribution in [2.24, 2.45) is 5.92 Å². The Morgan fingerprint density at radius 3 is 2.18 bits per heavy atom. The van der Waals surface area contributed by atoms with Gasteiger partial charge in [0.15, 0.2) is 17.3 Å².